The van der Waals surface area contributed by atoms with Gasteiger partial charge in [-0.1, -0.05) is 19.3 Å². The molecule has 5 nitrogen and oxygen atoms in total. The molecular weight excluding hydrogens is 286 g/mol. The number of hydrogen-bond acceptors (Lipinski definition) is 3. The van der Waals surface area contributed by atoms with Gasteiger partial charge in [-0.3, -0.25) is 14.3 Å². The minimum atomic E-state index is 0.636. The maximum Gasteiger partial charge on any atom is 0.0948 e. The quantitative estimate of drug-likeness (QED) is 0.847. The van der Waals surface area contributed by atoms with E-state index in [1.165, 1.54) is 43.5 Å². The van der Waals surface area contributed by atoms with Crippen molar-refractivity contribution in [2.24, 2.45) is 0 Å². The monoisotopic (exact) mass is 315 g/mol. The van der Waals surface area contributed by atoms with Crippen LogP contribution >= 0.6 is 0 Å². The van der Waals surface area contributed by atoms with E-state index in [0.717, 1.165) is 24.7 Å². The Balaban J connectivity index is 1.80. The first-order valence-corrected chi connectivity index (χ1v) is 8.79. The molecule has 1 fully saturated rings. The van der Waals surface area contributed by atoms with E-state index in [1.54, 1.807) is 0 Å². The van der Waals surface area contributed by atoms with Gasteiger partial charge in [0.15, 0.2) is 0 Å². The Morgan fingerprint density at radius 2 is 1.35 bits per heavy atom. The third-order valence-electron chi connectivity index (χ3n) is 4.93. The Bertz CT molecular complexity index is 600. The predicted molar refractivity (Wildman–Crippen MR) is 92.1 cm³/mol. The van der Waals surface area contributed by atoms with Crippen LogP contribution in [0.2, 0.25) is 0 Å². The smallest absolute Gasteiger partial charge is 0.0948 e. The van der Waals surface area contributed by atoms with E-state index < -0.39 is 0 Å². The van der Waals surface area contributed by atoms with Crippen molar-refractivity contribution in [2.75, 3.05) is 0 Å². The lowest BCUT2D eigenvalue weighted by molar-refractivity contribution is 0.0714. The van der Waals surface area contributed by atoms with Crippen LogP contribution in [-0.2, 0) is 13.3 Å². The van der Waals surface area contributed by atoms with E-state index in [9.17, 15) is 0 Å². The highest BCUT2D eigenvalue weighted by Crippen LogP contribution is 2.24. The molecule has 0 amide bonds. The fourth-order valence-electron chi connectivity index (χ4n) is 3.70. The van der Waals surface area contributed by atoms with Crippen molar-refractivity contribution in [3.8, 4) is 0 Å². The zero-order valence-corrected chi connectivity index (χ0v) is 14.9. The highest BCUT2D eigenvalue weighted by Gasteiger charge is 2.23. The largest absolute Gasteiger partial charge is 0.262 e. The maximum absolute atomic E-state index is 4.66. The summed E-state index contributed by atoms with van der Waals surface area (Å²) in [7, 11) is 0. The number of rotatable bonds is 5. The van der Waals surface area contributed by atoms with Gasteiger partial charge in [0, 0.05) is 17.4 Å². The normalized spacial score (nSPS) is 16.4. The zero-order chi connectivity index (χ0) is 16.4. The summed E-state index contributed by atoms with van der Waals surface area (Å²) in [5, 5.41) is 9.32. The van der Waals surface area contributed by atoms with Crippen LogP contribution in [-0.4, -0.2) is 30.5 Å². The van der Waals surface area contributed by atoms with Crippen LogP contribution in [0.3, 0.4) is 0 Å². The van der Waals surface area contributed by atoms with E-state index in [2.05, 4.69) is 64.3 Å². The molecule has 2 aromatic heterocycles. The van der Waals surface area contributed by atoms with Crippen LogP contribution < -0.4 is 0 Å². The number of hydrogen-bond donors (Lipinski definition) is 0. The second kappa shape index (κ2) is 6.87. The molecule has 0 unspecified atom stereocenters. The first-order valence-electron chi connectivity index (χ1n) is 8.79. The molecule has 1 aliphatic carbocycles. The van der Waals surface area contributed by atoms with Crippen LogP contribution in [0.5, 0.6) is 0 Å². The van der Waals surface area contributed by atoms with Crippen LogP contribution in [0.1, 0.15) is 54.9 Å². The Morgan fingerprint density at radius 3 is 1.74 bits per heavy atom. The minimum absolute atomic E-state index is 0.636. The van der Waals surface area contributed by atoms with E-state index in [4.69, 9.17) is 0 Å². The fourth-order valence-corrected chi connectivity index (χ4v) is 3.70. The molecule has 126 valence electrons. The molecule has 0 N–H and O–H groups in total. The van der Waals surface area contributed by atoms with E-state index >= 15 is 0 Å². The number of nitrogens with zero attached hydrogens (tertiary/aromatic N) is 5. The van der Waals surface area contributed by atoms with Gasteiger partial charge in [0.05, 0.1) is 24.7 Å². The molecule has 0 spiro atoms. The number of aryl methyl sites for hydroxylation is 4. The van der Waals surface area contributed by atoms with Gasteiger partial charge in [-0.05, 0) is 52.7 Å². The molecule has 0 bridgehead atoms. The second-order valence-corrected chi connectivity index (χ2v) is 7.02. The van der Waals surface area contributed by atoms with Crippen LogP contribution in [0.15, 0.2) is 12.1 Å². The molecule has 2 heterocycles. The molecule has 0 aromatic carbocycles. The molecule has 3 rings (SSSR count). The Hall–Kier alpha value is -1.62. The third kappa shape index (κ3) is 3.83. The number of aromatic nitrogens is 4. The summed E-state index contributed by atoms with van der Waals surface area (Å²) >= 11 is 0. The van der Waals surface area contributed by atoms with Crippen LogP contribution in [0, 0.1) is 27.7 Å². The first-order chi connectivity index (χ1) is 11.0. The van der Waals surface area contributed by atoms with Gasteiger partial charge in [0.25, 0.3) is 0 Å². The van der Waals surface area contributed by atoms with Gasteiger partial charge < -0.3 is 0 Å². The van der Waals surface area contributed by atoms with E-state index in [-0.39, 0.29) is 0 Å². The lowest BCUT2D eigenvalue weighted by Gasteiger charge is -2.34. The molecule has 1 aliphatic rings. The van der Waals surface area contributed by atoms with Crippen LogP contribution in [0.4, 0.5) is 0 Å². The van der Waals surface area contributed by atoms with Gasteiger partial charge >= 0.3 is 0 Å². The molecule has 23 heavy (non-hydrogen) atoms. The second-order valence-electron chi connectivity index (χ2n) is 7.02. The lowest BCUT2D eigenvalue weighted by atomic mass is 9.94. The molecule has 0 radical (unpaired) electrons. The van der Waals surface area contributed by atoms with Gasteiger partial charge in [-0.15, -0.1) is 0 Å². The van der Waals surface area contributed by atoms with Gasteiger partial charge in [0.2, 0.25) is 0 Å². The van der Waals surface area contributed by atoms with Crippen molar-refractivity contribution < 1.29 is 0 Å². The Kier molecular flexibility index (Phi) is 4.85. The zero-order valence-electron chi connectivity index (χ0n) is 14.9. The van der Waals surface area contributed by atoms with Gasteiger partial charge in [-0.2, -0.15) is 10.2 Å². The van der Waals surface area contributed by atoms with Crippen molar-refractivity contribution in [2.45, 2.75) is 79.2 Å². The van der Waals surface area contributed by atoms with Crippen molar-refractivity contribution in [3.63, 3.8) is 0 Å². The molecule has 0 aliphatic heterocycles. The van der Waals surface area contributed by atoms with Crippen LogP contribution in [0.25, 0.3) is 0 Å². The average Bonchev–Trinajstić information content (AvgIpc) is 3.00. The van der Waals surface area contributed by atoms with Crippen molar-refractivity contribution >= 4 is 0 Å². The maximum atomic E-state index is 4.66. The average molecular weight is 315 g/mol. The molecule has 5 heteroatoms. The SMILES string of the molecule is Cc1cc(C)n(CN(Cn2nc(C)cc2C)C2CCCCC2)n1. The standard InChI is InChI=1S/C18H29N5/c1-14-10-16(3)22(19-14)12-21(18-8-6-5-7-9-18)13-23-17(4)11-15(2)20-23/h10-11,18H,5-9,12-13H2,1-4H3. The summed E-state index contributed by atoms with van der Waals surface area (Å²) in [6.45, 7) is 10.1. The molecule has 1 saturated carbocycles. The summed E-state index contributed by atoms with van der Waals surface area (Å²) < 4.78 is 4.27. The van der Waals surface area contributed by atoms with E-state index in [0.29, 0.717) is 6.04 Å². The third-order valence-corrected chi connectivity index (χ3v) is 4.93. The van der Waals surface area contributed by atoms with Crippen molar-refractivity contribution in [1.29, 1.82) is 0 Å². The minimum Gasteiger partial charge on any atom is -0.262 e. The summed E-state index contributed by atoms with van der Waals surface area (Å²) in [6, 6.07) is 4.95. The Morgan fingerprint density at radius 1 is 0.870 bits per heavy atom. The highest BCUT2D eigenvalue weighted by molar-refractivity contribution is 5.07. The van der Waals surface area contributed by atoms with Crippen molar-refractivity contribution in [1.82, 2.24) is 24.5 Å². The first kappa shape index (κ1) is 16.2. The van der Waals surface area contributed by atoms with Gasteiger partial charge in [-0.25, -0.2) is 0 Å². The summed E-state index contributed by atoms with van der Waals surface area (Å²) in [5.74, 6) is 0. The highest BCUT2D eigenvalue weighted by atomic mass is 15.5. The summed E-state index contributed by atoms with van der Waals surface area (Å²) in [4.78, 5) is 2.55. The summed E-state index contributed by atoms with van der Waals surface area (Å²) in [5.41, 5.74) is 4.66. The molecular formula is C18H29N5. The Labute approximate surface area is 139 Å². The molecule has 2 aromatic rings. The predicted octanol–water partition coefficient (Wildman–Crippen LogP) is 3.56. The lowest BCUT2D eigenvalue weighted by Crippen LogP contribution is -2.40. The van der Waals surface area contributed by atoms with E-state index in [1.807, 2.05) is 0 Å². The van der Waals surface area contributed by atoms with Gasteiger partial charge in [0.1, 0.15) is 0 Å². The fraction of sp³-hybridized carbons (Fsp3) is 0.667. The topological polar surface area (TPSA) is 38.9 Å². The van der Waals surface area contributed by atoms with Crippen molar-refractivity contribution in [3.05, 3.63) is 34.9 Å². The summed E-state index contributed by atoms with van der Waals surface area (Å²) in [6.07, 6.45) is 6.64. The molecule has 0 saturated heterocycles. The molecule has 0 atom stereocenters.